The summed E-state index contributed by atoms with van der Waals surface area (Å²) in [6, 6.07) is 12.4. The van der Waals surface area contributed by atoms with Gasteiger partial charge in [-0.05, 0) is 36.2 Å². The molecule has 1 aliphatic heterocycles. The van der Waals surface area contributed by atoms with Crippen molar-refractivity contribution < 1.29 is 4.79 Å². The molecule has 0 atom stereocenters. The molecule has 0 bridgehead atoms. The van der Waals surface area contributed by atoms with Crippen LogP contribution in [-0.4, -0.2) is 12.5 Å². The highest BCUT2D eigenvalue weighted by Crippen LogP contribution is 2.33. The Morgan fingerprint density at radius 1 is 1.19 bits per heavy atom. The van der Waals surface area contributed by atoms with Crippen molar-refractivity contribution in [1.29, 1.82) is 5.26 Å². The summed E-state index contributed by atoms with van der Waals surface area (Å²) in [6.07, 6.45) is 0.748. The van der Waals surface area contributed by atoms with Crippen molar-refractivity contribution >= 4 is 34.8 Å². The van der Waals surface area contributed by atoms with Gasteiger partial charge in [0.15, 0.2) is 0 Å². The summed E-state index contributed by atoms with van der Waals surface area (Å²) in [5, 5.41) is 9.98. The van der Waals surface area contributed by atoms with Crippen LogP contribution in [0.15, 0.2) is 36.4 Å². The average Bonchev–Trinajstić information content (AvgIpc) is 2.93. The van der Waals surface area contributed by atoms with Crippen molar-refractivity contribution in [3.8, 4) is 6.07 Å². The molecule has 2 aromatic carbocycles. The quantitative estimate of drug-likeness (QED) is 0.796. The number of carbonyl (C=O) groups excluding carboxylic acids is 1. The number of rotatable bonds is 1. The summed E-state index contributed by atoms with van der Waals surface area (Å²) in [5.74, 6) is -0.171. The zero-order chi connectivity index (χ0) is 15.0. The van der Waals surface area contributed by atoms with Crippen molar-refractivity contribution in [2.75, 3.05) is 11.4 Å². The van der Waals surface area contributed by atoms with Crippen molar-refractivity contribution in [3.05, 3.63) is 63.1 Å². The minimum Gasteiger partial charge on any atom is -0.306 e. The van der Waals surface area contributed by atoms with Gasteiger partial charge in [-0.15, -0.1) is 0 Å². The molecule has 5 heteroatoms. The molecular weight excluding hydrogens is 307 g/mol. The molecule has 0 saturated heterocycles. The molecule has 2 aromatic rings. The Morgan fingerprint density at radius 3 is 2.71 bits per heavy atom. The molecule has 0 aromatic heterocycles. The Labute approximate surface area is 132 Å². The number of anilines is 1. The number of hydrogen-bond donors (Lipinski definition) is 0. The number of nitriles is 1. The lowest BCUT2D eigenvalue weighted by Gasteiger charge is -2.18. The van der Waals surface area contributed by atoms with E-state index in [0.29, 0.717) is 33.4 Å². The lowest BCUT2D eigenvalue weighted by Crippen LogP contribution is -2.29. The summed E-state index contributed by atoms with van der Waals surface area (Å²) in [7, 11) is 0. The molecule has 1 aliphatic rings. The average molecular weight is 317 g/mol. The van der Waals surface area contributed by atoms with Crippen molar-refractivity contribution in [2.24, 2.45) is 0 Å². The summed E-state index contributed by atoms with van der Waals surface area (Å²) in [5.41, 5.74) is 2.70. The Morgan fingerprint density at radius 2 is 2.00 bits per heavy atom. The third kappa shape index (κ3) is 2.37. The van der Waals surface area contributed by atoms with Gasteiger partial charge in [0.25, 0.3) is 5.91 Å². The van der Waals surface area contributed by atoms with Gasteiger partial charge in [0.2, 0.25) is 0 Å². The normalized spacial score (nSPS) is 12.9. The van der Waals surface area contributed by atoms with Gasteiger partial charge in [-0.1, -0.05) is 35.3 Å². The van der Waals surface area contributed by atoms with Crippen LogP contribution in [0.25, 0.3) is 0 Å². The van der Waals surface area contributed by atoms with Crippen molar-refractivity contribution in [3.63, 3.8) is 0 Å². The topological polar surface area (TPSA) is 44.1 Å². The largest absolute Gasteiger partial charge is 0.306 e. The molecule has 104 valence electrons. The fourth-order valence-electron chi connectivity index (χ4n) is 2.53. The van der Waals surface area contributed by atoms with Gasteiger partial charge in [-0.3, -0.25) is 4.79 Å². The van der Waals surface area contributed by atoms with E-state index in [-0.39, 0.29) is 5.91 Å². The molecule has 0 fully saturated rings. The minimum atomic E-state index is -0.171. The van der Waals surface area contributed by atoms with Gasteiger partial charge in [0, 0.05) is 12.1 Å². The van der Waals surface area contributed by atoms with E-state index in [0.717, 1.165) is 12.0 Å². The number of para-hydroxylation sites is 1. The van der Waals surface area contributed by atoms with Crippen LogP contribution in [0.4, 0.5) is 5.69 Å². The fourth-order valence-corrected chi connectivity index (χ4v) is 2.83. The molecular formula is C16H10Cl2N2O. The lowest BCUT2D eigenvalue weighted by molar-refractivity contribution is 0.0989. The Balaban J connectivity index is 2.03. The first-order chi connectivity index (χ1) is 10.1. The maximum atomic E-state index is 12.7. The highest BCUT2D eigenvalue weighted by atomic mass is 35.5. The molecule has 1 heterocycles. The van der Waals surface area contributed by atoms with Crippen LogP contribution in [-0.2, 0) is 6.42 Å². The zero-order valence-electron chi connectivity index (χ0n) is 10.9. The first-order valence-electron chi connectivity index (χ1n) is 6.40. The molecule has 0 spiro atoms. The van der Waals surface area contributed by atoms with E-state index in [1.807, 2.05) is 12.1 Å². The van der Waals surface area contributed by atoms with Crippen molar-refractivity contribution in [1.82, 2.24) is 0 Å². The molecule has 0 saturated carbocycles. The van der Waals surface area contributed by atoms with E-state index in [1.165, 1.54) is 0 Å². The first kappa shape index (κ1) is 13.9. The van der Waals surface area contributed by atoms with Crippen LogP contribution >= 0.6 is 23.2 Å². The fraction of sp³-hybridized carbons (Fsp3) is 0.125. The third-order valence-corrected chi connectivity index (χ3v) is 4.27. The maximum absolute atomic E-state index is 12.7. The molecule has 3 nitrogen and oxygen atoms in total. The SMILES string of the molecule is N#Cc1cccc2c1N(C(=O)c1ccc(Cl)c(Cl)c1)CC2. The molecule has 0 N–H and O–H groups in total. The summed E-state index contributed by atoms with van der Waals surface area (Å²) < 4.78 is 0. The number of halogens is 2. The van der Waals surface area contributed by atoms with Crippen LogP contribution in [0.1, 0.15) is 21.5 Å². The lowest BCUT2D eigenvalue weighted by atomic mass is 10.1. The van der Waals surface area contributed by atoms with Gasteiger partial charge >= 0.3 is 0 Å². The van der Waals surface area contributed by atoms with Crippen LogP contribution in [0.3, 0.4) is 0 Å². The van der Waals surface area contributed by atoms with Crippen LogP contribution in [0.5, 0.6) is 0 Å². The zero-order valence-corrected chi connectivity index (χ0v) is 12.4. The second kappa shape index (κ2) is 5.40. The second-order valence-corrected chi connectivity index (χ2v) is 5.58. The predicted octanol–water partition coefficient (Wildman–Crippen LogP) is 4.07. The Kier molecular flexibility index (Phi) is 3.59. The number of carbonyl (C=O) groups is 1. The van der Waals surface area contributed by atoms with Gasteiger partial charge in [0.1, 0.15) is 6.07 Å². The monoisotopic (exact) mass is 316 g/mol. The van der Waals surface area contributed by atoms with E-state index >= 15 is 0 Å². The summed E-state index contributed by atoms with van der Waals surface area (Å²) in [4.78, 5) is 14.3. The summed E-state index contributed by atoms with van der Waals surface area (Å²) >= 11 is 11.8. The maximum Gasteiger partial charge on any atom is 0.258 e. The van der Waals surface area contributed by atoms with Gasteiger partial charge in [-0.2, -0.15) is 5.26 Å². The van der Waals surface area contributed by atoms with Crippen molar-refractivity contribution in [2.45, 2.75) is 6.42 Å². The van der Waals surface area contributed by atoms with E-state index < -0.39 is 0 Å². The molecule has 3 rings (SSSR count). The standard InChI is InChI=1S/C16H10Cl2N2O/c17-13-5-4-11(8-14(13)18)16(21)20-7-6-10-2-1-3-12(9-19)15(10)20/h1-5,8H,6-7H2. The molecule has 0 unspecified atom stereocenters. The Hall–Kier alpha value is -2.02. The number of amides is 1. The number of fused-ring (bicyclic) bond motifs is 1. The number of nitrogens with zero attached hydrogens (tertiary/aromatic N) is 2. The van der Waals surface area contributed by atoms with Gasteiger partial charge in [0.05, 0.1) is 21.3 Å². The first-order valence-corrected chi connectivity index (χ1v) is 7.16. The van der Waals surface area contributed by atoms with E-state index in [4.69, 9.17) is 23.2 Å². The number of benzene rings is 2. The summed E-state index contributed by atoms with van der Waals surface area (Å²) in [6.45, 7) is 0.563. The highest BCUT2D eigenvalue weighted by Gasteiger charge is 2.28. The molecule has 0 aliphatic carbocycles. The predicted molar refractivity (Wildman–Crippen MR) is 83.0 cm³/mol. The van der Waals surface area contributed by atoms with E-state index in [9.17, 15) is 10.1 Å². The Bertz CT molecular complexity index is 780. The van der Waals surface area contributed by atoms with Crippen LogP contribution in [0, 0.1) is 11.3 Å². The van der Waals surface area contributed by atoms with Crippen LogP contribution in [0.2, 0.25) is 10.0 Å². The highest BCUT2D eigenvalue weighted by molar-refractivity contribution is 6.42. The van der Waals surface area contributed by atoms with Gasteiger partial charge in [-0.25, -0.2) is 0 Å². The molecule has 1 amide bonds. The van der Waals surface area contributed by atoms with E-state index in [2.05, 4.69) is 6.07 Å². The minimum absolute atomic E-state index is 0.171. The number of hydrogen-bond acceptors (Lipinski definition) is 2. The van der Waals surface area contributed by atoms with E-state index in [1.54, 1.807) is 29.2 Å². The smallest absolute Gasteiger partial charge is 0.258 e. The molecule has 0 radical (unpaired) electrons. The molecule has 21 heavy (non-hydrogen) atoms. The van der Waals surface area contributed by atoms with Gasteiger partial charge < -0.3 is 4.90 Å². The third-order valence-electron chi connectivity index (χ3n) is 3.53. The second-order valence-electron chi connectivity index (χ2n) is 4.76. The van der Waals surface area contributed by atoms with Crippen LogP contribution < -0.4 is 4.90 Å².